The summed E-state index contributed by atoms with van der Waals surface area (Å²) >= 11 is 0. The zero-order valence-corrected chi connectivity index (χ0v) is 8.47. The van der Waals surface area contributed by atoms with Crippen LogP contribution in [0.25, 0.3) is 0 Å². The van der Waals surface area contributed by atoms with Crippen LogP contribution in [0, 0.1) is 0 Å². The molecular formula is C11H20N2. The van der Waals surface area contributed by atoms with Crippen molar-refractivity contribution in [2.24, 2.45) is 5.73 Å². The molecule has 0 atom stereocenters. The summed E-state index contributed by atoms with van der Waals surface area (Å²) in [4.78, 5) is 0. The van der Waals surface area contributed by atoms with Gasteiger partial charge >= 0.3 is 0 Å². The van der Waals surface area contributed by atoms with Crippen LogP contribution in [0.4, 0.5) is 0 Å². The quantitative estimate of drug-likeness (QED) is 0.461. The summed E-state index contributed by atoms with van der Waals surface area (Å²) in [6, 6.07) is 0. The van der Waals surface area contributed by atoms with E-state index in [9.17, 15) is 0 Å². The fourth-order valence-corrected chi connectivity index (χ4v) is 0.788. The lowest BCUT2D eigenvalue weighted by Crippen LogP contribution is -2.16. The van der Waals surface area contributed by atoms with Gasteiger partial charge in [0.2, 0.25) is 0 Å². The molecule has 0 bridgehead atoms. The molecule has 0 aromatic heterocycles. The van der Waals surface area contributed by atoms with Gasteiger partial charge in [-0.15, -0.1) is 0 Å². The lowest BCUT2D eigenvalue weighted by Gasteiger charge is -2.01. The SMILES string of the molecule is C=C(/C=C\C(=C)CNCCC)CN. The molecule has 0 unspecified atom stereocenters. The van der Waals surface area contributed by atoms with E-state index in [1.54, 1.807) is 0 Å². The molecule has 0 amide bonds. The Labute approximate surface area is 81.2 Å². The van der Waals surface area contributed by atoms with Crippen molar-refractivity contribution >= 4 is 0 Å². The van der Waals surface area contributed by atoms with E-state index in [0.717, 1.165) is 30.7 Å². The Kier molecular flexibility index (Phi) is 7.26. The lowest BCUT2D eigenvalue weighted by atomic mass is 10.2. The van der Waals surface area contributed by atoms with E-state index in [-0.39, 0.29) is 0 Å². The summed E-state index contributed by atoms with van der Waals surface area (Å²) in [7, 11) is 0. The fraction of sp³-hybridized carbons (Fsp3) is 0.455. The molecule has 0 saturated carbocycles. The van der Waals surface area contributed by atoms with Crippen LogP contribution >= 0.6 is 0 Å². The summed E-state index contributed by atoms with van der Waals surface area (Å²) in [5.74, 6) is 0. The Morgan fingerprint density at radius 3 is 2.46 bits per heavy atom. The van der Waals surface area contributed by atoms with Gasteiger partial charge in [-0.2, -0.15) is 0 Å². The Balaban J connectivity index is 3.61. The highest BCUT2D eigenvalue weighted by Crippen LogP contribution is 1.95. The molecule has 0 heterocycles. The molecule has 0 aliphatic rings. The van der Waals surface area contributed by atoms with Crippen molar-refractivity contribution in [2.75, 3.05) is 19.6 Å². The van der Waals surface area contributed by atoms with Gasteiger partial charge in [-0.1, -0.05) is 32.2 Å². The first-order valence-corrected chi connectivity index (χ1v) is 4.65. The van der Waals surface area contributed by atoms with Gasteiger partial charge in [-0.3, -0.25) is 0 Å². The van der Waals surface area contributed by atoms with Gasteiger partial charge in [0.1, 0.15) is 0 Å². The Morgan fingerprint density at radius 2 is 1.92 bits per heavy atom. The van der Waals surface area contributed by atoms with E-state index < -0.39 is 0 Å². The van der Waals surface area contributed by atoms with Crippen molar-refractivity contribution < 1.29 is 0 Å². The van der Waals surface area contributed by atoms with Crippen LogP contribution in [0.1, 0.15) is 13.3 Å². The standard InChI is InChI=1S/C11H20N2/c1-4-7-13-9-11(3)6-5-10(2)8-12/h5-6,13H,2-4,7-9,12H2,1H3/b6-5-. The highest BCUT2D eigenvalue weighted by atomic mass is 14.8. The number of nitrogens with two attached hydrogens (primary N) is 1. The van der Waals surface area contributed by atoms with E-state index in [2.05, 4.69) is 25.4 Å². The average Bonchev–Trinajstić information content (AvgIpc) is 2.14. The van der Waals surface area contributed by atoms with Crippen LogP contribution in [0.2, 0.25) is 0 Å². The third-order valence-corrected chi connectivity index (χ3v) is 1.60. The molecule has 0 fully saturated rings. The minimum Gasteiger partial charge on any atom is -0.327 e. The first kappa shape index (κ1) is 12.1. The first-order valence-electron chi connectivity index (χ1n) is 4.65. The van der Waals surface area contributed by atoms with Gasteiger partial charge in [-0.05, 0) is 24.1 Å². The van der Waals surface area contributed by atoms with E-state index in [4.69, 9.17) is 5.73 Å². The van der Waals surface area contributed by atoms with Crippen LogP contribution in [-0.4, -0.2) is 19.6 Å². The summed E-state index contributed by atoms with van der Waals surface area (Å²) in [6.45, 7) is 12.2. The minimum absolute atomic E-state index is 0.506. The predicted octanol–water partition coefficient (Wildman–Crippen LogP) is 1.61. The number of nitrogens with one attached hydrogen (secondary N) is 1. The van der Waals surface area contributed by atoms with Crippen LogP contribution < -0.4 is 11.1 Å². The zero-order valence-electron chi connectivity index (χ0n) is 8.47. The summed E-state index contributed by atoms with van der Waals surface area (Å²) in [6.07, 6.45) is 5.01. The summed E-state index contributed by atoms with van der Waals surface area (Å²) in [5.41, 5.74) is 7.37. The topological polar surface area (TPSA) is 38.0 Å². The fourth-order valence-electron chi connectivity index (χ4n) is 0.788. The van der Waals surface area contributed by atoms with Gasteiger partial charge in [0.15, 0.2) is 0 Å². The van der Waals surface area contributed by atoms with Gasteiger partial charge < -0.3 is 11.1 Å². The zero-order chi connectivity index (χ0) is 10.1. The van der Waals surface area contributed by atoms with E-state index in [1.807, 2.05) is 12.2 Å². The summed E-state index contributed by atoms with van der Waals surface area (Å²) < 4.78 is 0. The Morgan fingerprint density at radius 1 is 1.31 bits per heavy atom. The number of rotatable bonds is 7. The average molecular weight is 180 g/mol. The van der Waals surface area contributed by atoms with Crippen molar-refractivity contribution in [3.63, 3.8) is 0 Å². The van der Waals surface area contributed by atoms with Crippen LogP contribution in [0.3, 0.4) is 0 Å². The molecule has 13 heavy (non-hydrogen) atoms. The van der Waals surface area contributed by atoms with Gasteiger partial charge in [0.05, 0.1) is 0 Å². The second-order valence-electron chi connectivity index (χ2n) is 3.03. The predicted molar refractivity (Wildman–Crippen MR) is 59.6 cm³/mol. The normalized spacial score (nSPS) is 10.6. The smallest absolute Gasteiger partial charge is 0.0199 e. The largest absolute Gasteiger partial charge is 0.327 e. The Hall–Kier alpha value is -0.860. The molecule has 0 spiro atoms. The second kappa shape index (κ2) is 7.77. The minimum atomic E-state index is 0.506. The van der Waals surface area contributed by atoms with Crippen molar-refractivity contribution in [1.29, 1.82) is 0 Å². The maximum atomic E-state index is 5.38. The van der Waals surface area contributed by atoms with Crippen LogP contribution in [-0.2, 0) is 0 Å². The van der Waals surface area contributed by atoms with Crippen molar-refractivity contribution in [1.82, 2.24) is 5.32 Å². The highest BCUT2D eigenvalue weighted by Gasteiger charge is 1.88. The van der Waals surface area contributed by atoms with Gasteiger partial charge in [0.25, 0.3) is 0 Å². The molecular weight excluding hydrogens is 160 g/mol. The third-order valence-electron chi connectivity index (χ3n) is 1.60. The molecule has 0 radical (unpaired) electrons. The molecule has 3 N–H and O–H groups in total. The molecule has 0 rings (SSSR count). The number of hydrogen-bond acceptors (Lipinski definition) is 2. The van der Waals surface area contributed by atoms with E-state index in [0.29, 0.717) is 6.54 Å². The van der Waals surface area contributed by atoms with Crippen molar-refractivity contribution in [2.45, 2.75) is 13.3 Å². The maximum Gasteiger partial charge on any atom is 0.0199 e. The molecule has 0 aliphatic heterocycles. The van der Waals surface area contributed by atoms with Crippen LogP contribution in [0.5, 0.6) is 0 Å². The van der Waals surface area contributed by atoms with E-state index in [1.165, 1.54) is 0 Å². The maximum absolute atomic E-state index is 5.38. The molecule has 0 aliphatic carbocycles. The van der Waals surface area contributed by atoms with E-state index >= 15 is 0 Å². The molecule has 0 aromatic rings. The first-order chi connectivity index (χ1) is 6.20. The lowest BCUT2D eigenvalue weighted by molar-refractivity contribution is 0.720. The number of hydrogen-bond donors (Lipinski definition) is 2. The Bertz CT molecular complexity index is 192. The monoisotopic (exact) mass is 180 g/mol. The van der Waals surface area contributed by atoms with Crippen molar-refractivity contribution in [3.8, 4) is 0 Å². The molecule has 0 saturated heterocycles. The highest BCUT2D eigenvalue weighted by molar-refractivity contribution is 5.25. The molecule has 74 valence electrons. The second-order valence-corrected chi connectivity index (χ2v) is 3.03. The van der Waals surface area contributed by atoms with Gasteiger partial charge in [-0.25, -0.2) is 0 Å². The van der Waals surface area contributed by atoms with Gasteiger partial charge in [0, 0.05) is 13.1 Å². The molecule has 0 aromatic carbocycles. The molecule has 2 nitrogen and oxygen atoms in total. The van der Waals surface area contributed by atoms with Crippen molar-refractivity contribution in [3.05, 3.63) is 36.5 Å². The molecule has 2 heteroatoms. The van der Waals surface area contributed by atoms with Crippen LogP contribution in [0.15, 0.2) is 36.5 Å². The summed E-state index contributed by atoms with van der Waals surface area (Å²) in [5, 5.41) is 3.26. The third kappa shape index (κ3) is 7.50.